The number of carbonyl (C=O) groups excluding carboxylic acids is 2. The van der Waals surface area contributed by atoms with Crippen LogP contribution in [-0.4, -0.2) is 16.7 Å². The lowest BCUT2D eigenvalue weighted by molar-refractivity contribution is -0.124. The van der Waals surface area contributed by atoms with E-state index in [0.717, 1.165) is 25.7 Å². The summed E-state index contributed by atoms with van der Waals surface area (Å²) in [7, 11) is 0. The minimum atomic E-state index is -0.178. The lowest BCUT2D eigenvalue weighted by Crippen LogP contribution is -2.20. The fourth-order valence-electron chi connectivity index (χ4n) is 3.31. The van der Waals surface area contributed by atoms with Crippen LogP contribution in [0, 0.1) is 0 Å². The van der Waals surface area contributed by atoms with Gasteiger partial charge in [0.25, 0.3) is 0 Å². The van der Waals surface area contributed by atoms with Crippen molar-refractivity contribution in [1.29, 1.82) is 0 Å². The van der Waals surface area contributed by atoms with Gasteiger partial charge < -0.3 is 5.11 Å². The van der Waals surface area contributed by atoms with Gasteiger partial charge in [-0.05, 0) is 31.2 Å². The summed E-state index contributed by atoms with van der Waals surface area (Å²) in [5.41, 5.74) is 1.33. The summed E-state index contributed by atoms with van der Waals surface area (Å²) in [6.07, 6.45) is 14.0. The van der Waals surface area contributed by atoms with E-state index in [9.17, 15) is 14.7 Å². The zero-order chi connectivity index (χ0) is 18.6. The number of benzene rings is 1. The summed E-state index contributed by atoms with van der Waals surface area (Å²) in [6.45, 7) is 0. The Morgan fingerprint density at radius 2 is 1.50 bits per heavy atom. The molecule has 0 amide bonds. The van der Waals surface area contributed by atoms with Gasteiger partial charge in [0.1, 0.15) is 5.76 Å². The van der Waals surface area contributed by atoms with E-state index < -0.39 is 0 Å². The number of aliphatic hydroxyl groups excluding tert-OH is 1. The van der Waals surface area contributed by atoms with Crippen molar-refractivity contribution in [2.75, 3.05) is 0 Å². The van der Waals surface area contributed by atoms with Crippen LogP contribution in [0.5, 0.6) is 0 Å². The molecule has 0 unspecified atom stereocenters. The first kappa shape index (κ1) is 20.2. The Balaban J connectivity index is 1.52. The van der Waals surface area contributed by atoms with Crippen molar-refractivity contribution in [3.63, 3.8) is 0 Å². The van der Waals surface area contributed by atoms with E-state index in [1.54, 1.807) is 0 Å². The molecule has 2 rings (SSSR count). The van der Waals surface area contributed by atoms with Gasteiger partial charge in [0.15, 0.2) is 11.6 Å². The molecule has 1 N–H and O–H groups in total. The first-order valence-electron chi connectivity index (χ1n) is 9.88. The van der Waals surface area contributed by atoms with Gasteiger partial charge in [0, 0.05) is 19.3 Å². The number of allylic oxidation sites excluding steroid dienone is 3. The Bertz CT molecular complexity index is 623. The standard InChI is InChI=1S/C23H30O3/c24-20(23-21(25)17-12-18-22(23)26)16-11-6-4-2-1-3-5-8-13-19-14-9-7-10-15-19/h7-10,13-15,24H,1-6,11-12,16-18H2/b13-8+. The highest BCUT2D eigenvalue weighted by molar-refractivity contribution is 6.21. The van der Waals surface area contributed by atoms with Crippen LogP contribution in [0.3, 0.4) is 0 Å². The molecule has 0 radical (unpaired) electrons. The maximum atomic E-state index is 11.8. The highest BCUT2D eigenvalue weighted by Crippen LogP contribution is 2.22. The summed E-state index contributed by atoms with van der Waals surface area (Å²) in [5.74, 6) is -0.338. The van der Waals surface area contributed by atoms with Gasteiger partial charge >= 0.3 is 0 Å². The number of rotatable bonds is 10. The molecule has 1 fully saturated rings. The van der Waals surface area contributed by atoms with Crippen molar-refractivity contribution in [3.05, 3.63) is 53.3 Å². The van der Waals surface area contributed by atoms with Gasteiger partial charge in [-0.2, -0.15) is 0 Å². The van der Waals surface area contributed by atoms with Crippen LogP contribution >= 0.6 is 0 Å². The summed E-state index contributed by atoms with van der Waals surface area (Å²) in [4.78, 5) is 23.5. The van der Waals surface area contributed by atoms with Gasteiger partial charge in [-0.1, -0.05) is 68.2 Å². The van der Waals surface area contributed by atoms with Gasteiger partial charge in [-0.15, -0.1) is 0 Å². The molecular weight excluding hydrogens is 324 g/mol. The van der Waals surface area contributed by atoms with E-state index in [0.29, 0.717) is 25.7 Å². The molecule has 0 aliphatic heterocycles. The minimum absolute atomic E-state index is 0.0192. The molecular formula is C23H30O3. The Labute approximate surface area is 156 Å². The first-order valence-corrected chi connectivity index (χ1v) is 9.88. The number of hydrogen-bond donors (Lipinski definition) is 1. The number of hydrogen-bond acceptors (Lipinski definition) is 3. The normalized spacial score (nSPS) is 15.0. The van der Waals surface area contributed by atoms with Crippen molar-refractivity contribution in [2.45, 2.75) is 70.6 Å². The lowest BCUT2D eigenvalue weighted by atomic mass is 9.90. The third kappa shape index (κ3) is 6.99. The van der Waals surface area contributed by atoms with E-state index in [2.05, 4.69) is 24.3 Å². The van der Waals surface area contributed by atoms with Crippen LogP contribution in [0.25, 0.3) is 6.08 Å². The number of unbranched alkanes of at least 4 members (excludes halogenated alkanes) is 6. The highest BCUT2D eigenvalue weighted by Gasteiger charge is 2.26. The summed E-state index contributed by atoms with van der Waals surface area (Å²) in [5, 5.41) is 10.0. The van der Waals surface area contributed by atoms with Crippen LogP contribution in [0.1, 0.15) is 76.2 Å². The first-order chi connectivity index (χ1) is 12.7. The number of Topliss-reactive ketones (excluding diaryl/α,β-unsaturated/α-hetero) is 2. The molecule has 26 heavy (non-hydrogen) atoms. The van der Waals surface area contributed by atoms with Crippen LogP contribution in [-0.2, 0) is 9.59 Å². The monoisotopic (exact) mass is 354 g/mol. The third-order valence-corrected chi connectivity index (χ3v) is 4.80. The van der Waals surface area contributed by atoms with Crippen molar-refractivity contribution in [2.24, 2.45) is 0 Å². The molecule has 1 aliphatic carbocycles. The number of aliphatic hydroxyl groups is 1. The predicted octanol–water partition coefficient (Wildman–Crippen LogP) is 5.95. The quantitative estimate of drug-likeness (QED) is 0.244. The molecule has 1 aromatic rings. The Kier molecular flexibility index (Phi) is 8.88. The van der Waals surface area contributed by atoms with Crippen molar-refractivity contribution < 1.29 is 14.7 Å². The summed E-state index contributed by atoms with van der Waals surface area (Å²) >= 11 is 0. The van der Waals surface area contributed by atoms with Crippen molar-refractivity contribution in [3.8, 4) is 0 Å². The molecule has 3 heteroatoms. The molecule has 1 aliphatic rings. The van der Waals surface area contributed by atoms with Gasteiger partial charge in [-0.25, -0.2) is 0 Å². The molecule has 0 saturated heterocycles. The fraction of sp³-hybridized carbons (Fsp3) is 0.478. The SMILES string of the molecule is O=C1CCCC(=O)C1=C(O)CCCCCCCC/C=C/c1ccccc1. The molecule has 0 bridgehead atoms. The number of ketones is 2. The maximum Gasteiger partial charge on any atom is 0.169 e. The van der Waals surface area contributed by atoms with E-state index in [1.165, 1.54) is 24.8 Å². The molecule has 1 aromatic carbocycles. The zero-order valence-electron chi connectivity index (χ0n) is 15.6. The van der Waals surface area contributed by atoms with Crippen molar-refractivity contribution in [1.82, 2.24) is 0 Å². The smallest absolute Gasteiger partial charge is 0.169 e. The minimum Gasteiger partial charge on any atom is -0.511 e. The predicted molar refractivity (Wildman–Crippen MR) is 106 cm³/mol. The van der Waals surface area contributed by atoms with Crippen LogP contribution in [0.4, 0.5) is 0 Å². The third-order valence-electron chi connectivity index (χ3n) is 4.80. The molecule has 0 spiro atoms. The molecule has 0 heterocycles. The Hall–Kier alpha value is -2.16. The van der Waals surface area contributed by atoms with E-state index >= 15 is 0 Å². The fourth-order valence-corrected chi connectivity index (χ4v) is 3.31. The summed E-state index contributed by atoms with van der Waals surface area (Å²) in [6, 6.07) is 10.3. The second-order valence-electron chi connectivity index (χ2n) is 6.99. The Morgan fingerprint density at radius 1 is 0.885 bits per heavy atom. The van der Waals surface area contributed by atoms with E-state index in [1.807, 2.05) is 18.2 Å². The average molecular weight is 354 g/mol. The second kappa shape index (κ2) is 11.5. The second-order valence-corrected chi connectivity index (χ2v) is 6.99. The summed E-state index contributed by atoms with van der Waals surface area (Å²) < 4.78 is 0. The van der Waals surface area contributed by atoms with Crippen LogP contribution in [0.15, 0.2) is 47.7 Å². The maximum absolute atomic E-state index is 11.8. The molecule has 3 nitrogen and oxygen atoms in total. The molecule has 1 saturated carbocycles. The zero-order valence-corrected chi connectivity index (χ0v) is 15.6. The van der Waals surface area contributed by atoms with E-state index in [-0.39, 0.29) is 22.9 Å². The van der Waals surface area contributed by atoms with E-state index in [4.69, 9.17) is 0 Å². The van der Waals surface area contributed by atoms with Gasteiger partial charge in [0.05, 0.1) is 5.57 Å². The highest BCUT2D eigenvalue weighted by atomic mass is 16.3. The average Bonchev–Trinajstić information content (AvgIpc) is 2.64. The number of carbonyl (C=O) groups is 2. The molecule has 0 aromatic heterocycles. The van der Waals surface area contributed by atoms with Crippen molar-refractivity contribution >= 4 is 17.6 Å². The molecule has 140 valence electrons. The lowest BCUT2D eigenvalue weighted by Gasteiger charge is -2.13. The van der Waals surface area contributed by atoms with Crippen LogP contribution in [0.2, 0.25) is 0 Å². The topological polar surface area (TPSA) is 54.4 Å². The van der Waals surface area contributed by atoms with Gasteiger partial charge in [-0.3, -0.25) is 9.59 Å². The molecule has 0 atom stereocenters. The van der Waals surface area contributed by atoms with Crippen LogP contribution < -0.4 is 0 Å². The van der Waals surface area contributed by atoms with Gasteiger partial charge in [0.2, 0.25) is 0 Å². The largest absolute Gasteiger partial charge is 0.511 e. The Morgan fingerprint density at radius 3 is 2.19 bits per heavy atom.